The van der Waals surface area contributed by atoms with Crippen LogP contribution in [0.15, 0.2) is 23.2 Å². The Morgan fingerprint density at radius 2 is 2.19 bits per heavy atom. The standard InChI is InChI=1S/C12H15N3S/c1-16-11-4-2-3-10(15-11)12(9-13)5-7-14-8-6-12/h2-4,14H,5-8H2,1H3. The number of piperidine rings is 1. The van der Waals surface area contributed by atoms with E-state index in [2.05, 4.69) is 16.4 Å². The minimum atomic E-state index is -0.378. The lowest BCUT2D eigenvalue weighted by atomic mass is 9.77. The van der Waals surface area contributed by atoms with Crippen molar-refractivity contribution in [1.29, 1.82) is 5.26 Å². The molecule has 0 radical (unpaired) electrons. The van der Waals surface area contributed by atoms with Gasteiger partial charge in [0.2, 0.25) is 0 Å². The highest BCUT2D eigenvalue weighted by Crippen LogP contribution is 2.32. The molecular weight excluding hydrogens is 218 g/mol. The molecule has 0 atom stereocenters. The molecule has 1 aliphatic heterocycles. The Kier molecular flexibility index (Phi) is 3.47. The summed E-state index contributed by atoms with van der Waals surface area (Å²) in [6.07, 6.45) is 3.72. The fraction of sp³-hybridized carbons (Fsp3) is 0.500. The molecule has 0 saturated carbocycles. The third kappa shape index (κ3) is 2.06. The number of nitrogens with zero attached hydrogens (tertiary/aromatic N) is 2. The van der Waals surface area contributed by atoms with Crippen molar-refractivity contribution >= 4 is 11.8 Å². The van der Waals surface area contributed by atoms with Gasteiger partial charge in [-0.3, -0.25) is 0 Å². The molecule has 0 unspecified atom stereocenters. The summed E-state index contributed by atoms with van der Waals surface area (Å²) in [4.78, 5) is 4.57. The minimum absolute atomic E-state index is 0.378. The van der Waals surface area contributed by atoms with Gasteiger partial charge in [-0.2, -0.15) is 5.26 Å². The number of hydrogen-bond acceptors (Lipinski definition) is 4. The zero-order chi connectivity index (χ0) is 11.4. The number of nitriles is 1. The fourth-order valence-electron chi connectivity index (χ4n) is 2.07. The maximum Gasteiger partial charge on any atom is 0.102 e. The van der Waals surface area contributed by atoms with Crippen LogP contribution in [0.3, 0.4) is 0 Å². The number of nitrogens with one attached hydrogen (secondary N) is 1. The number of pyridine rings is 1. The van der Waals surface area contributed by atoms with E-state index in [-0.39, 0.29) is 5.41 Å². The van der Waals surface area contributed by atoms with Crippen LogP contribution in [-0.2, 0) is 5.41 Å². The second kappa shape index (κ2) is 4.86. The molecule has 3 nitrogen and oxygen atoms in total. The average Bonchev–Trinajstić information content (AvgIpc) is 2.39. The quantitative estimate of drug-likeness (QED) is 0.793. The Labute approximate surface area is 100 Å². The number of rotatable bonds is 2. The molecule has 0 spiro atoms. The molecule has 0 bridgehead atoms. The summed E-state index contributed by atoms with van der Waals surface area (Å²) < 4.78 is 0. The van der Waals surface area contributed by atoms with Crippen molar-refractivity contribution in [2.24, 2.45) is 0 Å². The van der Waals surface area contributed by atoms with Crippen LogP contribution in [0.2, 0.25) is 0 Å². The van der Waals surface area contributed by atoms with Gasteiger partial charge in [0.15, 0.2) is 0 Å². The largest absolute Gasteiger partial charge is 0.317 e. The molecule has 0 aromatic carbocycles. The minimum Gasteiger partial charge on any atom is -0.317 e. The average molecular weight is 233 g/mol. The van der Waals surface area contributed by atoms with Gasteiger partial charge in [0.05, 0.1) is 16.8 Å². The molecule has 1 aromatic rings. The fourth-order valence-corrected chi connectivity index (χ4v) is 2.48. The molecule has 1 fully saturated rings. The third-order valence-corrected chi connectivity index (χ3v) is 3.74. The second-order valence-electron chi connectivity index (χ2n) is 4.01. The Balaban J connectivity index is 2.36. The summed E-state index contributed by atoms with van der Waals surface area (Å²) in [5, 5.41) is 13.7. The van der Waals surface area contributed by atoms with Crippen molar-refractivity contribution in [3.05, 3.63) is 23.9 Å². The summed E-state index contributed by atoms with van der Waals surface area (Å²) >= 11 is 1.62. The van der Waals surface area contributed by atoms with Crippen LogP contribution >= 0.6 is 11.8 Å². The highest BCUT2D eigenvalue weighted by molar-refractivity contribution is 7.98. The van der Waals surface area contributed by atoms with Crippen LogP contribution < -0.4 is 5.32 Å². The second-order valence-corrected chi connectivity index (χ2v) is 4.84. The first-order chi connectivity index (χ1) is 7.80. The molecule has 1 aromatic heterocycles. The Morgan fingerprint density at radius 1 is 1.44 bits per heavy atom. The van der Waals surface area contributed by atoms with Gasteiger partial charge in [-0.25, -0.2) is 4.98 Å². The van der Waals surface area contributed by atoms with E-state index in [1.54, 1.807) is 11.8 Å². The Hall–Kier alpha value is -1.05. The van der Waals surface area contributed by atoms with Crippen LogP contribution in [0.1, 0.15) is 18.5 Å². The van der Waals surface area contributed by atoms with Gasteiger partial charge < -0.3 is 5.32 Å². The number of thioether (sulfide) groups is 1. The van der Waals surface area contributed by atoms with Crippen LogP contribution in [0.4, 0.5) is 0 Å². The zero-order valence-corrected chi connectivity index (χ0v) is 10.2. The smallest absolute Gasteiger partial charge is 0.102 e. The molecule has 1 N–H and O–H groups in total. The first-order valence-electron chi connectivity index (χ1n) is 5.44. The molecule has 0 amide bonds. The zero-order valence-electron chi connectivity index (χ0n) is 9.36. The van der Waals surface area contributed by atoms with Crippen molar-refractivity contribution in [1.82, 2.24) is 10.3 Å². The highest BCUT2D eigenvalue weighted by Gasteiger charge is 2.35. The van der Waals surface area contributed by atoms with Gasteiger partial charge in [0.25, 0.3) is 0 Å². The maximum atomic E-state index is 9.43. The topological polar surface area (TPSA) is 48.7 Å². The van der Waals surface area contributed by atoms with Crippen molar-refractivity contribution in [2.45, 2.75) is 23.3 Å². The predicted octanol–water partition coefficient (Wildman–Crippen LogP) is 1.95. The lowest BCUT2D eigenvalue weighted by Crippen LogP contribution is -2.39. The molecule has 2 heterocycles. The summed E-state index contributed by atoms with van der Waals surface area (Å²) in [7, 11) is 0. The van der Waals surface area contributed by atoms with E-state index in [9.17, 15) is 5.26 Å². The van der Waals surface area contributed by atoms with Crippen molar-refractivity contribution in [3.8, 4) is 6.07 Å². The normalized spacial score (nSPS) is 19.0. The van der Waals surface area contributed by atoms with Gasteiger partial charge in [0, 0.05) is 0 Å². The van der Waals surface area contributed by atoms with Gasteiger partial charge in [-0.05, 0) is 44.3 Å². The summed E-state index contributed by atoms with van der Waals surface area (Å²) in [5.74, 6) is 0. The van der Waals surface area contributed by atoms with E-state index in [4.69, 9.17) is 0 Å². The molecule has 84 valence electrons. The number of aromatic nitrogens is 1. The van der Waals surface area contributed by atoms with Crippen molar-refractivity contribution in [2.75, 3.05) is 19.3 Å². The van der Waals surface area contributed by atoms with E-state index in [1.807, 2.05) is 24.5 Å². The van der Waals surface area contributed by atoms with E-state index in [1.165, 1.54) is 0 Å². The number of hydrogen-bond donors (Lipinski definition) is 1. The Bertz CT molecular complexity index is 405. The van der Waals surface area contributed by atoms with Gasteiger partial charge >= 0.3 is 0 Å². The first-order valence-corrected chi connectivity index (χ1v) is 6.67. The van der Waals surface area contributed by atoms with Gasteiger partial charge in [-0.15, -0.1) is 11.8 Å². The third-order valence-electron chi connectivity index (χ3n) is 3.09. The molecule has 1 aliphatic rings. The molecule has 4 heteroatoms. The monoisotopic (exact) mass is 233 g/mol. The predicted molar refractivity (Wildman–Crippen MR) is 65.4 cm³/mol. The summed E-state index contributed by atoms with van der Waals surface area (Å²) in [6.45, 7) is 1.80. The Morgan fingerprint density at radius 3 is 2.81 bits per heavy atom. The highest BCUT2D eigenvalue weighted by atomic mass is 32.2. The summed E-state index contributed by atoms with van der Waals surface area (Å²) in [5.41, 5.74) is 0.556. The van der Waals surface area contributed by atoms with E-state index >= 15 is 0 Å². The van der Waals surface area contributed by atoms with Crippen LogP contribution in [-0.4, -0.2) is 24.3 Å². The van der Waals surface area contributed by atoms with E-state index < -0.39 is 0 Å². The van der Waals surface area contributed by atoms with Crippen LogP contribution in [0.25, 0.3) is 0 Å². The maximum absolute atomic E-state index is 9.43. The van der Waals surface area contributed by atoms with E-state index in [0.29, 0.717) is 0 Å². The van der Waals surface area contributed by atoms with Gasteiger partial charge in [0.1, 0.15) is 5.41 Å². The van der Waals surface area contributed by atoms with Crippen molar-refractivity contribution in [3.63, 3.8) is 0 Å². The van der Waals surface area contributed by atoms with E-state index in [0.717, 1.165) is 36.7 Å². The summed E-state index contributed by atoms with van der Waals surface area (Å²) in [6, 6.07) is 8.44. The first kappa shape index (κ1) is 11.4. The molecule has 16 heavy (non-hydrogen) atoms. The van der Waals surface area contributed by atoms with Gasteiger partial charge in [-0.1, -0.05) is 6.07 Å². The lowest BCUT2D eigenvalue weighted by Gasteiger charge is -2.30. The molecular formula is C12H15N3S. The SMILES string of the molecule is CSc1cccc(C2(C#N)CCNCC2)n1. The lowest BCUT2D eigenvalue weighted by molar-refractivity contribution is 0.373. The molecule has 2 rings (SSSR count). The molecule has 1 saturated heterocycles. The van der Waals surface area contributed by atoms with Crippen LogP contribution in [0, 0.1) is 11.3 Å². The molecule has 0 aliphatic carbocycles. The van der Waals surface area contributed by atoms with Crippen molar-refractivity contribution < 1.29 is 0 Å². The van der Waals surface area contributed by atoms with Crippen LogP contribution in [0.5, 0.6) is 0 Å².